The highest BCUT2D eigenvalue weighted by Crippen LogP contribution is 2.23. The van der Waals surface area contributed by atoms with Gasteiger partial charge in [0.05, 0.1) is 5.60 Å². The predicted molar refractivity (Wildman–Crippen MR) is 87.7 cm³/mol. The molecule has 1 aliphatic heterocycles. The SMILES string of the molecule is OC1(CNc2nnc(Cc3ccc(Cl)cc3)s2)CCOCC1. The van der Waals surface area contributed by atoms with Gasteiger partial charge in [0, 0.05) is 44.0 Å². The molecule has 7 heteroatoms. The van der Waals surface area contributed by atoms with Gasteiger partial charge in [-0.25, -0.2) is 0 Å². The summed E-state index contributed by atoms with van der Waals surface area (Å²) in [6, 6.07) is 7.72. The second kappa shape index (κ2) is 6.91. The number of nitrogens with one attached hydrogen (secondary N) is 1. The summed E-state index contributed by atoms with van der Waals surface area (Å²) in [5.41, 5.74) is 0.440. The van der Waals surface area contributed by atoms with Crippen LogP contribution in [0, 0.1) is 0 Å². The topological polar surface area (TPSA) is 67.3 Å². The highest BCUT2D eigenvalue weighted by atomic mass is 35.5. The first kappa shape index (κ1) is 15.7. The Morgan fingerprint density at radius 3 is 2.68 bits per heavy atom. The van der Waals surface area contributed by atoms with Gasteiger partial charge in [0.1, 0.15) is 5.01 Å². The molecule has 0 unspecified atom stereocenters. The van der Waals surface area contributed by atoms with Gasteiger partial charge in [-0.2, -0.15) is 0 Å². The van der Waals surface area contributed by atoms with Gasteiger partial charge in [0.25, 0.3) is 0 Å². The van der Waals surface area contributed by atoms with Crippen molar-refractivity contribution >= 4 is 28.1 Å². The van der Waals surface area contributed by atoms with Crippen LogP contribution < -0.4 is 5.32 Å². The number of hydrogen-bond donors (Lipinski definition) is 2. The molecule has 0 aliphatic carbocycles. The number of aliphatic hydroxyl groups is 1. The van der Waals surface area contributed by atoms with Crippen molar-refractivity contribution in [2.75, 3.05) is 25.1 Å². The molecule has 0 amide bonds. The summed E-state index contributed by atoms with van der Waals surface area (Å²) in [7, 11) is 0. The standard InChI is InChI=1S/C15H18ClN3O2S/c16-12-3-1-11(2-4-12)9-13-18-19-14(22-13)17-10-15(20)5-7-21-8-6-15/h1-4,20H,5-10H2,(H,17,19). The third-order valence-electron chi connectivity index (χ3n) is 3.73. The number of benzene rings is 1. The molecule has 0 atom stereocenters. The number of nitrogens with zero attached hydrogens (tertiary/aromatic N) is 2. The maximum atomic E-state index is 10.4. The average Bonchev–Trinajstić information content (AvgIpc) is 2.96. The smallest absolute Gasteiger partial charge is 0.205 e. The number of hydrogen-bond acceptors (Lipinski definition) is 6. The van der Waals surface area contributed by atoms with Crippen LogP contribution in [-0.2, 0) is 11.2 Å². The first-order chi connectivity index (χ1) is 10.6. The van der Waals surface area contributed by atoms with Gasteiger partial charge in [-0.05, 0) is 17.7 Å². The van der Waals surface area contributed by atoms with Crippen molar-refractivity contribution in [3.8, 4) is 0 Å². The van der Waals surface area contributed by atoms with E-state index < -0.39 is 5.60 Å². The Bertz CT molecular complexity index is 612. The van der Waals surface area contributed by atoms with E-state index >= 15 is 0 Å². The Balaban J connectivity index is 1.55. The van der Waals surface area contributed by atoms with Crippen LogP contribution in [0.15, 0.2) is 24.3 Å². The zero-order valence-electron chi connectivity index (χ0n) is 12.1. The second-order valence-corrected chi connectivity index (χ2v) is 6.99. The fourth-order valence-electron chi connectivity index (χ4n) is 2.34. The van der Waals surface area contributed by atoms with Gasteiger partial charge >= 0.3 is 0 Å². The molecule has 0 spiro atoms. The van der Waals surface area contributed by atoms with Crippen LogP contribution in [0.1, 0.15) is 23.4 Å². The molecule has 1 aliphatic rings. The quantitative estimate of drug-likeness (QED) is 0.876. The summed E-state index contributed by atoms with van der Waals surface area (Å²) in [4.78, 5) is 0. The van der Waals surface area contributed by atoms with Gasteiger partial charge in [-0.3, -0.25) is 0 Å². The molecule has 118 valence electrons. The van der Waals surface area contributed by atoms with Crippen molar-refractivity contribution < 1.29 is 9.84 Å². The molecular weight excluding hydrogens is 322 g/mol. The Labute approximate surface area is 138 Å². The summed E-state index contributed by atoms with van der Waals surface area (Å²) in [5.74, 6) is 0. The lowest BCUT2D eigenvalue weighted by Crippen LogP contribution is -2.42. The summed E-state index contributed by atoms with van der Waals surface area (Å²) in [6.45, 7) is 1.69. The number of anilines is 1. The van der Waals surface area contributed by atoms with Crippen LogP contribution in [-0.4, -0.2) is 40.7 Å². The minimum atomic E-state index is -0.708. The van der Waals surface area contributed by atoms with E-state index in [4.69, 9.17) is 16.3 Å². The molecule has 22 heavy (non-hydrogen) atoms. The number of aromatic nitrogens is 2. The van der Waals surface area contributed by atoms with E-state index in [1.165, 1.54) is 11.3 Å². The summed E-state index contributed by atoms with van der Waals surface area (Å²) < 4.78 is 5.27. The van der Waals surface area contributed by atoms with Crippen molar-refractivity contribution in [1.29, 1.82) is 0 Å². The zero-order chi connectivity index (χ0) is 15.4. The zero-order valence-corrected chi connectivity index (χ0v) is 13.7. The minimum Gasteiger partial charge on any atom is -0.388 e. The second-order valence-electron chi connectivity index (χ2n) is 5.49. The molecule has 1 aromatic carbocycles. The van der Waals surface area contributed by atoms with Gasteiger partial charge < -0.3 is 15.2 Å². The average molecular weight is 340 g/mol. The van der Waals surface area contributed by atoms with Crippen LogP contribution in [0.3, 0.4) is 0 Å². The maximum absolute atomic E-state index is 10.4. The first-order valence-electron chi connectivity index (χ1n) is 7.24. The van der Waals surface area contributed by atoms with E-state index in [0.29, 0.717) is 32.6 Å². The normalized spacial score (nSPS) is 17.4. The third kappa shape index (κ3) is 4.16. The lowest BCUT2D eigenvalue weighted by molar-refractivity contribution is -0.0543. The molecule has 1 fully saturated rings. The van der Waals surface area contributed by atoms with Gasteiger partial charge in [0.2, 0.25) is 5.13 Å². The van der Waals surface area contributed by atoms with Crippen LogP contribution in [0.4, 0.5) is 5.13 Å². The van der Waals surface area contributed by atoms with Crippen molar-refractivity contribution in [2.24, 2.45) is 0 Å². The first-order valence-corrected chi connectivity index (χ1v) is 8.43. The fraction of sp³-hybridized carbons (Fsp3) is 0.467. The maximum Gasteiger partial charge on any atom is 0.205 e. The molecule has 0 radical (unpaired) electrons. The molecular formula is C15H18ClN3O2S. The third-order valence-corrected chi connectivity index (χ3v) is 4.86. The lowest BCUT2D eigenvalue weighted by Gasteiger charge is -2.31. The molecule has 1 saturated heterocycles. The van der Waals surface area contributed by atoms with E-state index in [-0.39, 0.29) is 0 Å². The van der Waals surface area contributed by atoms with Crippen LogP contribution in [0.5, 0.6) is 0 Å². The van der Waals surface area contributed by atoms with Gasteiger partial charge in [-0.15, -0.1) is 10.2 Å². The highest BCUT2D eigenvalue weighted by Gasteiger charge is 2.29. The molecule has 3 rings (SSSR count). The number of halogens is 1. The van der Waals surface area contributed by atoms with Gasteiger partial charge in [-0.1, -0.05) is 35.1 Å². The van der Waals surface area contributed by atoms with E-state index in [1.807, 2.05) is 24.3 Å². The van der Waals surface area contributed by atoms with E-state index in [0.717, 1.165) is 27.1 Å². The molecule has 5 nitrogen and oxygen atoms in total. The van der Waals surface area contributed by atoms with E-state index in [1.54, 1.807) is 0 Å². The van der Waals surface area contributed by atoms with Crippen molar-refractivity contribution in [3.63, 3.8) is 0 Å². The molecule has 2 heterocycles. The Morgan fingerprint density at radius 1 is 1.23 bits per heavy atom. The summed E-state index contributed by atoms with van der Waals surface area (Å²) in [5, 5.41) is 24.3. The fourth-order valence-corrected chi connectivity index (χ4v) is 3.24. The monoisotopic (exact) mass is 339 g/mol. The lowest BCUT2D eigenvalue weighted by atomic mass is 9.95. The molecule has 0 bridgehead atoms. The number of rotatable bonds is 5. The predicted octanol–water partition coefficient (Wildman–Crippen LogP) is 2.74. The summed E-state index contributed by atoms with van der Waals surface area (Å²) >= 11 is 7.39. The Morgan fingerprint density at radius 2 is 1.95 bits per heavy atom. The van der Waals surface area contributed by atoms with E-state index in [2.05, 4.69) is 15.5 Å². The summed E-state index contributed by atoms with van der Waals surface area (Å²) in [6.07, 6.45) is 2.03. The van der Waals surface area contributed by atoms with Crippen molar-refractivity contribution in [3.05, 3.63) is 39.9 Å². The minimum absolute atomic E-state index is 0.478. The van der Waals surface area contributed by atoms with Crippen LogP contribution in [0.25, 0.3) is 0 Å². The Hall–Kier alpha value is -1.21. The van der Waals surface area contributed by atoms with Crippen LogP contribution >= 0.6 is 22.9 Å². The number of ether oxygens (including phenoxy) is 1. The molecule has 0 saturated carbocycles. The van der Waals surface area contributed by atoms with Crippen LogP contribution in [0.2, 0.25) is 5.02 Å². The highest BCUT2D eigenvalue weighted by molar-refractivity contribution is 7.15. The molecule has 1 aromatic heterocycles. The molecule has 2 aromatic rings. The largest absolute Gasteiger partial charge is 0.388 e. The van der Waals surface area contributed by atoms with Gasteiger partial charge in [0.15, 0.2) is 0 Å². The van der Waals surface area contributed by atoms with Crippen molar-refractivity contribution in [1.82, 2.24) is 10.2 Å². The van der Waals surface area contributed by atoms with Crippen molar-refractivity contribution in [2.45, 2.75) is 24.9 Å². The Kier molecular flexibility index (Phi) is 4.93. The van der Waals surface area contributed by atoms with E-state index in [9.17, 15) is 5.11 Å². The molecule has 2 N–H and O–H groups in total.